The molecule has 4 atom stereocenters. The van der Waals surface area contributed by atoms with Gasteiger partial charge in [0.1, 0.15) is 12.7 Å². The van der Waals surface area contributed by atoms with E-state index in [1.54, 1.807) is 0 Å². The Balaban J connectivity index is 4.27. The van der Waals surface area contributed by atoms with Crippen LogP contribution >= 0.6 is 45.5 Å². The molecule has 0 fully saturated rings. The molecule has 0 aromatic rings. The third-order valence-corrected chi connectivity index (χ3v) is 17.3. The van der Waals surface area contributed by atoms with Crippen molar-refractivity contribution in [2.45, 2.75) is 0 Å². The summed E-state index contributed by atoms with van der Waals surface area (Å²) in [6, 6.07) is 0. The van der Waals surface area contributed by atoms with E-state index in [2.05, 4.69) is 36.1 Å². The number of rotatable bonds is 4. The summed E-state index contributed by atoms with van der Waals surface area (Å²) in [6.07, 6.45) is -3.19. The van der Waals surface area contributed by atoms with Crippen LogP contribution in [0.3, 0.4) is 0 Å². The molecule has 0 saturated carbocycles. The van der Waals surface area contributed by atoms with Crippen molar-refractivity contribution in [1.29, 1.82) is 0 Å². The SMILES string of the molecule is COP1(F)=NP(F)(F)=NP(C)(C)=NP(F)(CO)=NP(F)(CO)=NP(F)(OC)=N1. The Kier molecular flexibility index (Phi) is 8.74. The maximum atomic E-state index is 14.9. The Morgan fingerprint density at radius 2 is 1.07 bits per heavy atom. The monoisotopic (exact) mass is 538 g/mol. The average Bonchev–Trinajstić information content (AvgIpc) is 2.51. The van der Waals surface area contributed by atoms with Gasteiger partial charge in [0.05, 0.1) is 7.21 Å². The highest BCUT2D eigenvalue weighted by Crippen LogP contribution is 2.80. The van der Waals surface area contributed by atoms with Gasteiger partial charge in [0.25, 0.3) is 15.0 Å². The van der Waals surface area contributed by atoms with E-state index in [0.717, 1.165) is 13.3 Å². The molecule has 22 heteroatoms. The minimum atomic E-state index is -5.91. The van der Waals surface area contributed by atoms with Crippen molar-refractivity contribution in [2.75, 3.05) is 40.2 Å². The molecule has 1 aliphatic heterocycles. The number of aliphatic hydroxyl groups is 2. The Hall–Kier alpha value is 0.800. The second-order valence-electron chi connectivity index (χ2n) is 5.21. The summed E-state index contributed by atoms with van der Waals surface area (Å²) in [5.74, 6) is 0. The summed E-state index contributed by atoms with van der Waals surface area (Å²) in [7, 11) is -29.5. The number of aliphatic hydroxyl groups excluding tert-OH is 2. The van der Waals surface area contributed by atoms with Crippen molar-refractivity contribution >= 4 is 45.5 Å². The first-order valence-electron chi connectivity index (χ1n) is 6.76. The second-order valence-corrected chi connectivity index (χ2v) is 18.8. The quantitative estimate of drug-likeness (QED) is 0.275. The van der Waals surface area contributed by atoms with Gasteiger partial charge in [-0.15, -0.1) is 17.4 Å². The van der Waals surface area contributed by atoms with Gasteiger partial charge in [0.15, 0.2) is 0 Å². The van der Waals surface area contributed by atoms with E-state index >= 15 is 0 Å². The summed E-state index contributed by atoms with van der Waals surface area (Å²) >= 11 is 0. The zero-order valence-electron chi connectivity index (χ0n) is 14.8. The van der Waals surface area contributed by atoms with E-state index in [4.69, 9.17) is 0 Å². The van der Waals surface area contributed by atoms with Gasteiger partial charge in [0.2, 0.25) is 0 Å². The number of halogens is 6. The lowest BCUT2D eigenvalue weighted by Crippen LogP contribution is -1.86. The van der Waals surface area contributed by atoms with Crippen LogP contribution in [0.1, 0.15) is 0 Å². The molecule has 1 rings (SSSR count). The van der Waals surface area contributed by atoms with E-state index in [9.17, 15) is 35.4 Å². The van der Waals surface area contributed by atoms with Gasteiger partial charge in [-0.2, -0.15) is 30.3 Å². The summed E-state index contributed by atoms with van der Waals surface area (Å²) in [6.45, 7) is 1.92. The first-order chi connectivity index (χ1) is 12.5. The van der Waals surface area contributed by atoms with Crippen molar-refractivity contribution in [1.82, 2.24) is 0 Å². The van der Waals surface area contributed by atoms with Crippen LogP contribution in [-0.4, -0.2) is 50.5 Å². The molecule has 1 aliphatic rings. The maximum Gasteiger partial charge on any atom is 0.421 e. The van der Waals surface area contributed by atoms with Crippen molar-refractivity contribution in [3.63, 3.8) is 0 Å². The van der Waals surface area contributed by atoms with Crippen molar-refractivity contribution in [3.05, 3.63) is 0 Å². The van der Waals surface area contributed by atoms with Crippen LogP contribution in [0, 0.1) is 0 Å². The highest BCUT2D eigenvalue weighted by atomic mass is 31.3. The lowest BCUT2D eigenvalue weighted by atomic mass is 11.7. The topological polar surface area (TPSA) is 133 Å². The highest BCUT2D eigenvalue weighted by Gasteiger charge is 2.37. The van der Waals surface area contributed by atoms with Crippen LogP contribution < -0.4 is 0 Å². The van der Waals surface area contributed by atoms with Gasteiger partial charge in [0, 0.05) is 14.2 Å². The first-order valence-corrected chi connectivity index (χ1v) is 17.4. The van der Waals surface area contributed by atoms with Crippen molar-refractivity contribution in [2.24, 2.45) is 27.1 Å². The highest BCUT2D eigenvalue weighted by molar-refractivity contribution is 7.82. The summed E-state index contributed by atoms with van der Waals surface area (Å²) < 4.78 is 113. The van der Waals surface area contributed by atoms with Crippen LogP contribution in [-0.2, 0) is 9.05 Å². The molecule has 0 aliphatic carbocycles. The molecular weight excluding hydrogens is 520 g/mol. The van der Waals surface area contributed by atoms with Crippen LogP contribution in [0.15, 0.2) is 27.1 Å². The van der Waals surface area contributed by atoms with Gasteiger partial charge in [-0.1, -0.05) is 0 Å². The number of hydrogen-bond acceptors (Lipinski definition) is 10. The number of nitrogens with zero attached hydrogens (tertiary/aromatic N) is 6. The smallest absolute Gasteiger partial charge is 0.386 e. The van der Waals surface area contributed by atoms with Crippen LogP contribution in [0.2, 0.25) is 0 Å². The Morgan fingerprint density at radius 1 is 0.643 bits per heavy atom. The molecule has 4 unspecified atom stereocenters. The number of hydrogen-bond donors (Lipinski definition) is 2. The Labute approximate surface area is 158 Å². The van der Waals surface area contributed by atoms with Gasteiger partial charge >= 0.3 is 23.3 Å². The molecule has 0 radical (unpaired) electrons. The molecule has 0 bridgehead atoms. The standard InChI is InChI=1S/C6H18F6N6O4P6/c1-21-27(11)16-25(8,6-20)15-24(7,5-19)13-23(3,4)14-26(9,10)17-28(12,18-27)22-2/h19-20H,5-6H2,1-4H3. The minimum Gasteiger partial charge on any atom is -0.386 e. The van der Waals surface area contributed by atoms with E-state index in [1.165, 1.54) is 0 Å². The zero-order chi connectivity index (χ0) is 22.1. The molecule has 28 heavy (non-hydrogen) atoms. The fourth-order valence-corrected chi connectivity index (χ4v) is 16.5. The molecule has 10 nitrogen and oxygen atoms in total. The van der Waals surface area contributed by atoms with Gasteiger partial charge in [-0.25, -0.2) is 4.52 Å². The molecule has 2 N–H and O–H groups in total. The van der Waals surface area contributed by atoms with Crippen LogP contribution in [0.4, 0.5) is 25.2 Å². The second kappa shape index (κ2) is 9.12. The van der Waals surface area contributed by atoms with Crippen LogP contribution in [0.5, 0.6) is 0 Å². The first kappa shape index (κ1) is 26.8. The Morgan fingerprint density at radius 3 is 1.50 bits per heavy atom. The molecule has 0 saturated heterocycles. The average molecular weight is 538 g/mol. The predicted octanol–water partition coefficient (Wildman–Crippen LogP) is 8.29. The molecule has 0 aromatic heterocycles. The third-order valence-electron chi connectivity index (χ3n) is 2.47. The maximum absolute atomic E-state index is 14.9. The van der Waals surface area contributed by atoms with E-state index in [1.807, 2.05) is 0 Å². The minimum absolute atomic E-state index is 0.564. The molecule has 0 amide bonds. The predicted molar refractivity (Wildman–Crippen MR) is 103 cm³/mol. The van der Waals surface area contributed by atoms with Crippen LogP contribution in [0.25, 0.3) is 0 Å². The van der Waals surface area contributed by atoms with E-state index < -0.39 is 58.2 Å². The van der Waals surface area contributed by atoms with E-state index in [0.29, 0.717) is 14.2 Å². The lowest BCUT2D eigenvalue weighted by molar-refractivity contribution is 0.359. The van der Waals surface area contributed by atoms with E-state index in [-0.39, 0.29) is 0 Å². The summed E-state index contributed by atoms with van der Waals surface area (Å²) in [5.41, 5.74) is 0. The molecule has 0 spiro atoms. The van der Waals surface area contributed by atoms with Gasteiger partial charge in [-0.05, 0) is 13.3 Å². The van der Waals surface area contributed by atoms with Crippen molar-refractivity contribution < 1.29 is 44.4 Å². The molecule has 1 heterocycles. The van der Waals surface area contributed by atoms with Crippen molar-refractivity contribution in [3.8, 4) is 0 Å². The molecule has 168 valence electrons. The molecular formula is C6H18F6N6O4P6. The van der Waals surface area contributed by atoms with Gasteiger partial charge in [-0.3, -0.25) is 0 Å². The fourth-order valence-electron chi connectivity index (χ4n) is 1.61. The van der Waals surface area contributed by atoms with Gasteiger partial charge < -0.3 is 19.3 Å². The lowest BCUT2D eigenvalue weighted by Gasteiger charge is -2.20. The largest absolute Gasteiger partial charge is 0.421 e. The zero-order valence-corrected chi connectivity index (χ0v) is 20.1. The third kappa shape index (κ3) is 7.49. The fraction of sp³-hybridized carbons (Fsp3) is 1.00. The molecule has 0 aromatic carbocycles. The summed E-state index contributed by atoms with van der Waals surface area (Å²) in [4.78, 5) is 0. The summed E-state index contributed by atoms with van der Waals surface area (Å²) in [5, 5.41) is 18.4. The Bertz CT molecular complexity index is 933. The normalized spacial score (nSPS) is 40.7.